The van der Waals surface area contributed by atoms with E-state index < -0.39 is 22.2 Å². The van der Waals surface area contributed by atoms with Crippen molar-refractivity contribution in [3.63, 3.8) is 0 Å². The molecule has 0 saturated carbocycles. The maximum Gasteiger partial charge on any atom is 0.281 e. The van der Waals surface area contributed by atoms with Crippen molar-refractivity contribution in [3.8, 4) is 0 Å². The number of hydrogen-bond acceptors (Lipinski definition) is 8. The van der Waals surface area contributed by atoms with E-state index in [0.29, 0.717) is 11.4 Å². The van der Waals surface area contributed by atoms with E-state index in [2.05, 4.69) is 21.1 Å². The number of ketones is 2. The molecule has 0 aliphatic heterocycles. The standard InChI is InChI=1S/C22H17N5O4/c28-21(14-23-25-17-7-3-1-4-8-17)16-11-12-19(20(13-16)27(30)31)22(29)15-24-26-18-9-5-2-6-10-18/h1-15,25-26H/b23-14+,24-15+. The zero-order valence-corrected chi connectivity index (χ0v) is 16.1. The molecule has 0 radical (unpaired) electrons. The van der Waals surface area contributed by atoms with Gasteiger partial charge in [0, 0.05) is 11.6 Å². The van der Waals surface area contributed by atoms with Crippen molar-refractivity contribution in [1.82, 2.24) is 0 Å². The Hall–Kier alpha value is -4.66. The van der Waals surface area contributed by atoms with E-state index in [-0.39, 0.29) is 11.1 Å². The van der Waals surface area contributed by atoms with Crippen LogP contribution in [0.25, 0.3) is 0 Å². The number of rotatable bonds is 9. The van der Waals surface area contributed by atoms with Crippen LogP contribution < -0.4 is 10.9 Å². The van der Waals surface area contributed by atoms with Crippen molar-refractivity contribution in [2.75, 3.05) is 10.9 Å². The van der Waals surface area contributed by atoms with E-state index in [4.69, 9.17) is 0 Å². The van der Waals surface area contributed by atoms with Crippen molar-refractivity contribution < 1.29 is 14.5 Å². The first-order valence-electron chi connectivity index (χ1n) is 9.10. The lowest BCUT2D eigenvalue weighted by molar-refractivity contribution is -0.385. The zero-order chi connectivity index (χ0) is 22.1. The number of carbonyl (C=O) groups is 2. The molecule has 0 aliphatic rings. The molecule has 0 aromatic heterocycles. The van der Waals surface area contributed by atoms with Crippen LogP contribution >= 0.6 is 0 Å². The molecule has 154 valence electrons. The molecular formula is C22H17N5O4. The van der Waals surface area contributed by atoms with E-state index in [9.17, 15) is 19.7 Å². The molecule has 9 nitrogen and oxygen atoms in total. The maximum absolute atomic E-state index is 12.4. The number of hydrazone groups is 2. The van der Waals surface area contributed by atoms with Crippen molar-refractivity contribution in [1.29, 1.82) is 0 Å². The summed E-state index contributed by atoms with van der Waals surface area (Å²) in [5.41, 5.74) is 6.04. The molecule has 0 unspecified atom stereocenters. The van der Waals surface area contributed by atoms with Gasteiger partial charge in [0.15, 0.2) is 0 Å². The molecule has 0 amide bonds. The summed E-state index contributed by atoms with van der Waals surface area (Å²) in [5, 5.41) is 19.1. The number of hydrogen-bond donors (Lipinski definition) is 2. The lowest BCUT2D eigenvalue weighted by atomic mass is 10.0. The van der Waals surface area contributed by atoms with Gasteiger partial charge in [0.2, 0.25) is 11.6 Å². The van der Waals surface area contributed by atoms with Crippen molar-refractivity contribution in [2.45, 2.75) is 0 Å². The van der Waals surface area contributed by atoms with Gasteiger partial charge < -0.3 is 0 Å². The summed E-state index contributed by atoms with van der Waals surface area (Å²) in [7, 11) is 0. The smallest absolute Gasteiger partial charge is 0.281 e. The molecule has 2 N–H and O–H groups in total. The van der Waals surface area contributed by atoms with Crippen LogP contribution in [-0.4, -0.2) is 28.9 Å². The number of nitrogens with zero attached hydrogens (tertiary/aromatic N) is 3. The highest BCUT2D eigenvalue weighted by atomic mass is 16.6. The molecule has 0 heterocycles. The fraction of sp³-hybridized carbons (Fsp3) is 0. The van der Waals surface area contributed by atoms with Crippen molar-refractivity contribution >= 4 is 41.1 Å². The molecule has 0 bridgehead atoms. The first kappa shape index (κ1) is 21.1. The fourth-order valence-electron chi connectivity index (χ4n) is 2.54. The highest BCUT2D eigenvalue weighted by Gasteiger charge is 2.21. The summed E-state index contributed by atoms with van der Waals surface area (Å²) in [6, 6.07) is 21.5. The number of Topliss-reactive ketones (excluding diaryl/α,β-unsaturated/α-hetero) is 2. The molecule has 3 rings (SSSR count). The fourth-order valence-corrected chi connectivity index (χ4v) is 2.54. The average molecular weight is 415 g/mol. The topological polar surface area (TPSA) is 126 Å². The number of anilines is 2. The average Bonchev–Trinajstić information content (AvgIpc) is 2.80. The summed E-state index contributed by atoms with van der Waals surface area (Å²) in [6.07, 6.45) is 1.96. The minimum atomic E-state index is -0.720. The molecule has 31 heavy (non-hydrogen) atoms. The molecule has 0 atom stereocenters. The number of nitro groups is 1. The van der Waals surface area contributed by atoms with Crippen LogP contribution in [0.3, 0.4) is 0 Å². The Kier molecular flexibility index (Phi) is 6.94. The lowest BCUT2D eigenvalue weighted by Crippen LogP contribution is -2.09. The molecule has 3 aromatic carbocycles. The first-order valence-corrected chi connectivity index (χ1v) is 9.10. The van der Waals surface area contributed by atoms with E-state index >= 15 is 0 Å². The van der Waals surface area contributed by atoms with Gasteiger partial charge in [0.05, 0.1) is 28.7 Å². The number of nitro benzene ring substituents is 1. The van der Waals surface area contributed by atoms with Gasteiger partial charge in [-0.15, -0.1) is 0 Å². The number of carbonyl (C=O) groups excluding carboxylic acids is 2. The van der Waals surface area contributed by atoms with Gasteiger partial charge >= 0.3 is 0 Å². The summed E-state index contributed by atoms with van der Waals surface area (Å²) >= 11 is 0. The maximum atomic E-state index is 12.4. The van der Waals surface area contributed by atoms with Gasteiger partial charge in [-0.1, -0.05) is 36.4 Å². The van der Waals surface area contributed by atoms with E-state index in [1.807, 2.05) is 12.1 Å². The third-order valence-electron chi connectivity index (χ3n) is 4.04. The normalized spacial score (nSPS) is 10.8. The largest absolute Gasteiger partial charge is 0.287 e. The zero-order valence-electron chi connectivity index (χ0n) is 16.1. The molecule has 0 spiro atoms. The van der Waals surface area contributed by atoms with Crippen LogP contribution in [0, 0.1) is 10.1 Å². The Morgan fingerprint density at radius 2 is 1.29 bits per heavy atom. The van der Waals surface area contributed by atoms with Gasteiger partial charge in [-0.25, -0.2) is 0 Å². The van der Waals surface area contributed by atoms with Gasteiger partial charge in [-0.2, -0.15) is 10.2 Å². The lowest BCUT2D eigenvalue weighted by Gasteiger charge is -2.02. The third-order valence-corrected chi connectivity index (χ3v) is 4.04. The Balaban J connectivity index is 1.72. The Labute approximate surface area is 177 Å². The van der Waals surface area contributed by atoms with Gasteiger partial charge in [0.1, 0.15) is 5.56 Å². The molecular weight excluding hydrogens is 398 g/mol. The van der Waals surface area contributed by atoms with E-state index in [1.165, 1.54) is 12.1 Å². The molecule has 0 fully saturated rings. The first-order chi connectivity index (χ1) is 15.0. The Morgan fingerprint density at radius 3 is 1.81 bits per heavy atom. The molecule has 9 heteroatoms. The van der Waals surface area contributed by atoms with Crippen molar-refractivity contribution in [2.24, 2.45) is 10.2 Å². The van der Waals surface area contributed by atoms with Gasteiger partial charge in [-0.05, 0) is 36.4 Å². The highest BCUT2D eigenvalue weighted by Crippen LogP contribution is 2.21. The Bertz CT molecular complexity index is 1150. The number of nitrogens with one attached hydrogen (secondary N) is 2. The van der Waals surface area contributed by atoms with Crippen LogP contribution in [0.2, 0.25) is 0 Å². The third kappa shape index (κ3) is 5.91. The highest BCUT2D eigenvalue weighted by molar-refractivity contribution is 6.38. The molecule has 3 aromatic rings. The molecule has 0 saturated heterocycles. The predicted molar refractivity (Wildman–Crippen MR) is 119 cm³/mol. The SMILES string of the molecule is O=C(/C=N/Nc1ccccc1)c1ccc(C(=O)/C=N/Nc2ccccc2)c([N+](=O)[O-])c1. The van der Waals surface area contributed by atoms with Crippen LogP contribution in [-0.2, 0) is 0 Å². The van der Waals surface area contributed by atoms with Gasteiger partial charge in [0.25, 0.3) is 5.69 Å². The summed E-state index contributed by atoms with van der Waals surface area (Å²) in [5.74, 6) is -1.22. The predicted octanol–water partition coefficient (Wildman–Crippen LogP) is 4.16. The summed E-state index contributed by atoms with van der Waals surface area (Å²) < 4.78 is 0. The summed E-state index contributed by atoms with van der Waals surface area (Å²) in [4.78, 5) is 35.4. The van der Waals surface area contributed by atoms with Crippen LogP contribution in [0.5, 0.6) is 0 Å². The quantitative estimate of drug-likeness (QED) is 0.234. The number of benzene rings is 3. The van der Waals surface area contributed by atoms with Crippen LogP contribution in [0.15, 0.2) is 89.1 Å². The monoisotopic (exact) mass is 415 g/mol. The van der Waals surface area contributed by atoms with E-state index in [0.717, 1.165) is 18.5 Å². The second kappa shape index (κ2) is 10.2. The minimum Gasteiger partial charge on any atom is -0.287 e. The Morgan fingerprint density at radius 1 is 0.774 bits per heavy atom. The van der Waals surface area contributed by atoms with Crippen LogP contribution in [0.4, 0.5) is 17.1 Å². The van der Waals surface area contributed by atoms with E-state index in [1.54, 1.807) is 48.5 Å². The van der Waals surface area contributed by atoms with Gasteiger partial charge in [-0.3, -0.25) is 30.6 Å². The van der Waals surface area contributed by atoms with Crippen LogP contribution in [0.1, 0.15) is 20.7 Å². The second-order valence-electron chi connectivity index (χ2n) is 6.19. The van der Waals surface area contributed by atoms with Crippen molar-refractivity contribution in [3.05, 3.63) is 100 Å². The number of para-hydroxylation sites is 2. The minimum absolute atomic E-state index is 0.0289. The summed E-state index contributed by atoms with van der Waals surface area (Å²) in [6.45, 7) is 0. The second-order valence-corrected chi connectivity index (χ2v) is 6.19. The molecule has 0 aliphatic carbocycles.